The predicted octanol–water partition coefficient (Wildman–Crippen LogP) is 1.53. The second-order valence-corrected chi connectivity index (χ2v) is 5.38. The Hall–Kier alpha value is -3.02. The van der Waals surface area contributed by atoms with Crippen LogP contribution in [0.3, 0.4) is 0 Å². The number of nitrogens with one attached hydrogen (secondary N) is 1. The van der Waals surface area contributed by atoms with Crippen LogP contribution in [-0.4, -0.2) is 23.6 Å². The molecule has 6 heteroatoms. The number of benzene rings is 2. The molecule has 0 aliphatic carbocycles. The molecule has 1 atom stereocenters. The van der Waals surface area contributed by atoms with E-state index in [1.165, 1.54) is 6.07 Å². The van der Waals surface area contributed by atoms with Crippen molar-refractivity contribution in [3.63, 3.8) is 0 Å². The zero-order chi connectivity index (χ0) is 17.7. The Labute approximate surface area is 138 Å². The number of primary amides is 1. The van der Waals surface area contributed by atoms with Gasteiger partial charge in [-0.1, -0.05) is 42.5 Å². The van der Waals surface area contributed by atoms with Crippen molar-refractivity contribution in [2.45, 2.75) is 19.4 Å². The van der Waals surface area contributed by atoms with Crippen LogP contribution in [-0.2, 0) is 16.0 Å². The number of nitrogens with two attached hydrogens (primary N) is 1. The molecule has 2 rings (SSSR count). The predicted molar refractivity (Wildman–Crippen MR) is 86.7 cm³/mol. The average Bonchev–Trinajstić information content (AvgIpc) is 2.54. The van der Waals surface area contributed by atoms with E-state index in [2.05, 4.69) is 5.32 Å². The molecule has 24 heavy (non-hydrogen) atoms. The van der Waals surface area contributed by atoms with E-state index in [-0.39, 0.29) is 12.0 Å². The van der Waals surface area contributed by atoms with Gasteiger partial charge in [0.05, 0.1) is 5.56 Å². The summed E-state index contributed by atoms with van der Waals surface area (Å²) in [5.74, 6) is -3.54. The minimum absolute atomic E-state index is 0.0852. The topological polar surface area (TPSA) is 89.3 Å². The summed E-state index contributed by atoms with van der Waals surface area (Å²) in [6, 6.07) is 11.9. The number of aryl methyl sites for hydroxylation is 1. The van der Waals surface area contributed by atoms with Gasteiger partial charge >= 0.3 is 0 Å². The molecular weight excluding hydrogens is 311 g/mol. The number of rotatable bonds is 6. The maximum atomic E-state index is 13.9. The van der Waals surface area contributed by atoms with Gasteiger partial charge in [0.15, 0.2) is 0 Å². The van der Waals surface area contributed by atoms with Gasteiger partial charge in [0.1, 0.15) is 11.9 Å². The Balaban J connectivity index is 2.26. The summed E-state index contributed by atoms with van der Waals surface area (Å²) < 4.78 is 13.9. The van der Waals surface area contributed by atoms with Crippen molar-refractivity contribution < 1.29 is 18.8 Å². The van der Waals surface area contributed by atoms with E-state index in [0.717, 1.165) is 11.6 Å². The van der Waals surface area contributed by atoms with Gasteiger partial charge in [-0.2, -0.15) is 0 Å². The summed E-state index contributed by atoms with van der Waals surface area (Å²) in [5.41, 5.74) is 6.06. The van der Waals surface area contributed by atoms with Gasteiger partial charge in [-0.05, 0) is 24.1 Å². The summed E-state index contributed by atoms with van der Waals surface area (Å²) in [5, 5.41) is 2.42. The molecule has 2 aromatic carbocycles. The molecule has 0 bridgehead atoms. The first-order valence-electron chi connectivity index (χ1n) is 7.33. The molecule has 0 saturated heterocycles. The second-order valence-electron chi connectivity index (χ2n) is 5.38. The lowest BCUT2D eigenvalue weighted by molar-refractivity contribution is -0.137. The zero-order valence-corrected chi connectivity index (χ0v) is 13.1. The molecule has 0 radical (unpaired) electrons. The van der Waals surface area contributed by atoms with E-state index in [9.17, 15) is 18.8 Å². The molecule has 0 aromatic heterocycles. The van der Waals surface area contributed by atoms with Crippen molar-refractivity contribution in [3.05, 3.63) is 71.0 Å². The summed E-state index contributed by atoms with van der Waals surface area (Å²) in [6.07, 6.45) is 0.0852. The van der Waals surface area contributed by atoms with Gasteiger partial charge in [-0.25, -0.2) is 4.39 Å². The fourth-order valence-electron chi connectivity index (χ4n) is 2.38. The Morgan fingerprint density at radius 2 is 1.75 bits per heavy atom. The van der Waals surface area contributed by atoms with Gasteiger partial charge in [0, 0.05) is 6.42 Å². The number of amides is 2. The Bertz CT molecular complexity index is 755. The maximum Gasteiger partial charge on any atom is 0.287 e. The third-order valence-electron chi connectivity index (χ3n) is 3.60. The SMILES string of the molecule is Cc1cccc(F)c1C(=O)NC(Cc1ccccc1)C(=O)C(N)=O. The van der Waals surface area contributed by atoms with E-state index >= 15 is 0 Å². The number of ketones is 1. The largest absolute Gasteiger partial charge is 0.363 e. The zero-order valence-electron chi connectivity index (χ0n) is 13.1. The van der Waals surface area contributed by atoms with E-state index < -0.39 is 29.5 Å². The molecule has 0 spiro atoms. The van der Waals surface area contributed by atoms with Gasteiger partial charge in [-0.15, -0.1) is 0 Å². The molecule has 0 saturated carbocycles. The summed E-state index contributed by atoms with van der Waals surface area (Å²) in [7, 11) is 0. The molecule has 0 aliphatic rings. The van der Waals surface area contributed by atoms with Crippen LogP contribution < -0.4 is 11.1 Å². The maximum absolute atomic E-state index is 13.9. The standard InChI is InChI=1S/C18H17FN2O3/c1-11-6-5-9-13(19)15(11)18(24)21-14(16(22)17(20)23)10-12-7-3-2-4-8-12/h2-9,14H,10H2,1H3,(H2,20,23)(H,21,24). The Morgan fingerprint density at radius 3 is 2.33 bits per heavy atom. The van der Waals surface area contributed by atoms with Crippen molar-refractivity contribution >= 4 is 17.6 Å². The van der Waals surface area contributed by atoms with Crippen LogP contribution in [0.5, 0.6) is 0 Å². The summed E-state index contributed by atoms with van der Waals surface area (Å²) in [6.45, 7) is 1.58. The molecule has 5 nitrogen and oxygen atoms in total. The van der Waals surface area contributed by atoms with E-state index in [1.807, 2.05) is 0 Å². The van der Waals surface area contributed by atoms with Gasteiger partial charge < -0.3 is 11.1 Å². The first kappa shape index (κ1) is 17.3. The minimum Gasteiger partial charge on any atom is -0.363 e. The number of carbonyl (C=O) groups excluding carboxylic acids is 3. The summed E-state index contributed by atoms with van der Waals surface area (Å²) in [4.78, 5) is 35.6. The normalized spacial score (nSPS) is 11.6. The molecule has 3 N–H and O–H groups in total. The fraction of sp³-hybridized carbons (Fsp3) is 0.167. The smallest absolute Gasteiger partial charge is 0.287 e. The molecule has 2 aromatic rings. The number of Topliss-reactive ketones (excluding diaryl/α,β-unsaturated/α-hetero) is 1. The van der Waals surface area contributed by atoms with Crippen LogP contribution in [0.4, 0.5) is 4.39 Å². The third-order valence-corrected chi connectivity index (χ3v) is 3.60. The van der Waals surface area contributed by atoms with Crippen LogP contribution in [0.1, 0.15) is 21.5 Å². The average molecular weight is 328 g/mol. The lowest BCUT2D eigenvalue weighted by Gasteiger charge is -2.17. The molecule has 124 valence electrons. The van der Waals surface area contributed by atoms with Crippen LogP contribution in [0.15, 0.2) is 48.5 Å². The van der Waals surface area contributed by atoms with E-state index in [0.29, 0.717) is 5.56 Å². The highest BCUT2D eigenvalue weighted by molar-refractivity contribution is 6.38. The van der Waals surface area contributed by atoms with Crippen LogP contribution in [0, 0.1) is 12.7 Å². The van der Waals surface area contributed by atoms with Crippen LogP contribution in [0.25, 0.3) is 0 Å². The van der Waals surface area contributed by atoms with Crippen molar-refractivity contribution in [2.24, 2.45) is 5.73 Å². The molecule has 2 amide bonds. The van der Waals surface area contributed by atoms with E-state index in [4.69, 9.17) is 5.73 Å². The summed E-state index contributed by atoms with van der Waals surface area (Å²) >= 11 is 0. The molecular formula is C18H17FN2O3. The second kappa shape index (κ2) is 7.50. The lowest BCUT2D eigenvalue weighted by atomic mass is 10.0. The number of halogens is 1. The Morgan fingerprint density at radius 1 is 1.08 bits per heavy atom. The van der Waals surface area contributed by atoms with Crippen molar-refractivity contribution in [2.75, 3.05) is 0 Å². The quantitative estimate of drug-likeness (QED) is 0.788. The molecule has 0 fully saturated rings. The fourth-order valence-corrected chi connectivity index (χ4v) is 2.38. The van der Waals surface area contributed by atoms with Crippen molar-refractivity contribution in [1.82, 2.24) is 5.32 Å². The first-order chi connectivity index (χ1) is 11.4. The lowest BCUT2D eigenvalue weighted by Crippen LogP contribution is -2.47. The highest BCUT2D eigenvalue weighted by atomic mass is 19.1. The minimum atomic E-state index is -1.16. The van der Waals surface area contributed by atoms with Crippen molar-refractivity contribution in [3.8, 4) is 0 Å². The van der Waals surface area contributed by atoms with Crippen LogP contribution in [0.2, 0.25) is 0 Å². The van der Waals surface area contributed by atoms with Crippen LogP contribution >= 0.6 is 0 Å². The van der Waals surface area contributed by atoms with E-state index in [1.54, 1.807) is 43.3 Å². The van der Waals surface area contributed by atoms with Gasteiger partial charge in [0.25, 0.3) is 11.8 Å². The number of carbonyl (C=O) groups is 3. The molecule has 0 aliphatic heterocycles. The Kier molecular flexibility index (Phi) is 5.42. The molecule has 1 unspecified atom stereocenters. The highest BCUT2D eigenvalue weighted by Crippen LogP contribution is 2.13. The molecule has 0 heterocycles. The number of hydrogen-bond donors (Lipinski definition) is 2. The first-order valence-corrected chi connectivity index (χ1v) is 7.33. The number of hydrogen-bond acceptors (Lipinski definition) is 3. The van der Waals surface area contributed by atoms with Gasteiger partial charge in [0.2, 0.25) is 5.78 Å². The monoisotopic (exact) mass is 328 g/mol. The van der Waals surface area contributed by atoms with Gasteiger partial charge in [-0.3, -0.25) is 14.4 Å². The highest BCUT2D eigenvalue weighted by Gasteiger charge is 2.27. The third kappa shape index (κ3) is 4.04. The van der Waals surface area contributed by atoms with Crippen molar-refractivity contribution in [1.29, 1.82) is 0 Å².